The molecule has 0 bridgehead atoms. The summed E-state index contributed by atoms with van der Waals surface area (Å²) in [4.78, 5) is 16.4. The number of nitriles is 1. The minimum Gasteiger partial charge on any atom is -0.355 e. The normalized spacial score (nSPS) is 11.6. The molecular weight excluding hydrogens is 276 g/mol. The number of hydrogen-bond acceptors (Lipinski definition) is 3. The average molecular weight is 296 g/mol. The molecule has 0 aliphatic carbocycles. The Morgan fingerprint density at radius 1 is 1.41 bits per heavy atom. The molecule has 1 heterocycles. The molecule has 2 aromatic rings. The molecule has 0 aliphatic rings. The molecule has 1 aromatic heterocycles. The maximum Gasteiger partial charge on any atom is 0.245 e. The van der Waals surface area contributed by atoms with Crippen LogP contribution in [0.4, 0.5) is 0 Å². The molecule has 114 valence electrons. The van der Waals surface area contributed by atoms with Crippen molar-refractivity contribution < 1.29 is 4.79 Å². The van der Waals surface area contributed by atoms with Crippen molar-refractivity contribution in [2.24, 2.45) is 0 Å². The Labute approximate surface area is 130 Å². The van der Waals surface area contributed by atoms with Crippen LogP contribution in [0.2, 0.25) is 0 Å². The van der Waals surface area contributed by atoms with Crippen molar-refractivity contribution in [2.45, 2.75) is 32.2 Å². The van der Waals surface area contributed by atoms with E-state index in [-0.39, 0.29) is 5.91 Å². The van der Waals surface area contributed by atoms with Crippen molar-refractivity contribution in [3.05, 3.63) is 54.1 Å². The predicted molar refractivity (Wildman–Crippen MR) is 84.0 cm³/mol. The van der Waals surface area contributed by atoms with Crippen molar-refractivity contribution in [1.82, 2.24) is 14.9 Å². The van der Waals surface area contributed by atoms with Crippen LogP contribution in [0.15, 0.2) is 42.7 Å². The van der Waals surface area contributed by atoms with Crippen molar-refractivity contribution >= 4 is 5.91 Å². The third-order valence-electron chi connectivity index (χ3n) is 3.42. The molecule has 1 amide bonds. The van der Waals surface area contributed by atoms with Gasteiger partial charge in [0.2, 0.25) is 5.91 Å². The van der Waals surface area contributed by atoms with Gasteiger partial charge in [0.25, 0.3) is 0 Å². The Bertz CT molecular complexity index is 642. The van der Waals surface area contributed by atoms with Crippen LogP contribution in [0.25, 0.3) is 0 Å². The molecule has 1 atom stereocenters. The van der Waals surface area contributed by atoms with Gasteiger partial charge in [-0.2, -0.15) is 5.26 Å². The summed E-state index contributed by atoms with van der Waals surface area (Å²) in [6.07, 6.45) is 5.33. The largest absolute Gasteiger partial charge is 0.355 e. The number of nitrogens with one attached hydrogen (secondary N) is 1. The summed E-state index contributed by atoms with van der Waals surface area (Å²) in [7, 11) is 0. The number of hydrogen-bond donors (Lipinski definition) is 1. The SMILES string of the molecule is CCCCNC(=O)C(C#N)c1nccn1Cc1ccccc1. The second-order valence-corrected chi connectivity index (χ2v) is 5.11. The Balaban J connectivity index is 2.12. The number of rotatable bonds is 7. The molecule has 0 radical (unpaired) electrons. The van der Waals surface area contributed by atoms with Crippen molar-refractivity contribution in [3.8, 4) is 6.07 Å². The minimum absolute atomic E-state index is 0.281. The average Bonchev–Trinajstić information content (AvgIpc) is 2.97. The van der Waals surface area contributed by atoms with Gasteiger partial charge in [-0.15, -0.1) is 0 Å². The zero-order valence-electron chi connectivity index (χ0n) is 12.7. The van der Waals surface area contributed by atoms with Crippen molar-refractivity contribution in [1.29, 1.82) is 5.26 Å². The van der Waals surface area contributed by atoms with Crippen LogP contribution < -0.4 is 5.32 Å². The highest BCUT2D eigenvalue weighted by molar-refractivity contribution is 5.85. The van der Waals surface area contributed by atoms with Gasteiger partial charge in [0.1, 0.15) is 5.82 Å². The lowest BCUT2D eigenvalue weighted by molar-refractivity contribution is -0.121. The lowest BCUT2D eigenvalue weighted by Gasteiger charge is -2.12. The summed E-state index contributed by atoms with van der Waals surface area (Å²) >= 11 is 0. The molecular formula is C17H20N4O. The number of unbranched alkanes of at least 4 members (excludes halogenated alkanes) is 1. The van der Waals surface area contributed by atoms with E-state index in [1.807, 2.05) is 34.9 Å². The first-order valence-corrected chi connectivity index (χ1v) is 7.48. The number of imidazole rings is 1. The fourth-order valence-corrected chi connectivity index (χ4v) is 2.22. The molecule has 0 saturated carbocycles. The van der Waals surface area contributed by atoms with E-state index < -0.39 is 5.92 Å². The fraction of sp³-hybridized carbons (Fsp3) is 0.353. The zero-order chi connectivity index (χ0) is 15.8. The van der Waals surface area contributed by atoms with Gasteiger partial charge >= 0.3 is 0 Å². The summed E-state index contributed by atoms with van der Waals surface area (Å²) in [5.74, 6) is -0.674. The van der Waals surface area contributed by atoms with Crippen LogP contribution in [0, 0.1) is 11.3 Å². The Hall–Kier alpha value is -2.61. The summed E-state index contributed by atoms with van der Waals surface area (Å²) in [6, 6.07) is 12.0. The maximum atomic E-state index is 12.2. The van der Waals surface area contributed by atoms with Gasteiger partial charge in [-0.25, -0.2) is 4.98 Å². The molecule has 5 heteroatoms. The number of amides is 1. The highest BCUT2D eigenvalue weighted by Crippen LogP contribution is 2.15. The van der Waals surface area contributed by atoms with E-state index in [9.17, 15) is 10.1 Å². The number of benzene rings is 1. The summed E-state index contributed by atoms with van der Waals surface area (Å²) < 4.78 is 1.85. The molecule has 2 rings (SSSR count). The lowest BCUT2D eigenvalue weighted by Crippen LogP contribution is -2.31. The third kappa shape index (κ3) is 3.95. The van der Waals surface area contributed by atoms with Crippen LogP contribution >= 0.6 is 0 Å². The Morgan fingerprint density at radius 2 is 2.18 bits per heavy atom. The second-order valence-electron chi connectivity index (χ2n) is 5.11. The highest BCUT2D eigenvalue weighted by atomic mass is 16.1. The summed E-state index contributed by atoms with van der Waals surface area (Å²) in [5, 5.41) is 12.2. The molecule has 0 saturated heterocycles. The standard InChI is InChI=1S/C17H20N4O/c1-2-3-9-20-17(22)15(12-18)16-19-10-11-21(16)13-14-7-5-4-6-8-14/h4-8,10-11,15H,2-3,9,13H2,1H3,(H,20,22). The first-order valence-electron chi connectivity index (χ1n) is 7.48. The number of carbonyl (C=O) groups excluding carboxylic acids is 1. The molecule has 5 nitrogen and oxygen atoms in total. The van der Waals surface area contributed by atoms with Crippen molar-refractivity contribution in [3.63, 3.8) is 0 Å². The topological polar surface area (TPSA) is 70.7 Å². The predicted octanol–water partition coefficient (Wildman–Crippen LogP) is 2.45. The minimum atomic E-state index is -0.879. The molecule has 22 heavy (non-hydrogen) atoms. The van der Waals surface area contributed by atoms with Crippen LogP contribution in [-0.4, -0.2) is 22.0 Å². The van der Waals surface area contributed by atoms with Crippen molar-refractivity contribution in [2.75, 3.05) is 6.54 Å². The third-order valence-corrected chi connectivity index (χ3v) is 3.42. The summed E-state index contributed by atoms with van der Waals surface area (Å²) in [6.45, 7) is 3.24. The molecule has 1 unspecified atom stereocenters. The number of nitrogens with zero attached hydrogens (tertiary/aromatic N) is 3. The molecule has 1 N–H and O–H groups in total. The summed E-state index contributed by atoms with van der Waals surface area (Å²) in [5.41, 5.74) is 1.10. The molecule has 1 aromatic carbocycles. The molecule has 0 fully saturated rings. The molecule has 0 aliphatic heterocycles. The highest BCUT2D eigenvalue weighted by Gasteiger charge is 2.24. The first kappa shape index (κ1) is 15.8. The van der Waals surface area contributed by atoms with E-state index in [4.69, 9.17) is 0 Å². The Morgan fingerprint density at radius 3 is 2.86 bits per heavy atom. The van der Waals surface area contributed by atoms with Gasteiger partial charge in [-0.05, 0) is 12.0 Å². The van der Waals surface area contributed by atoms with E-state index in [0.29, 0.717) is 18.9 Å². The van der Waals surface area contributed by atoms with Gasteiger partial charge in [0, 0.05) is 25.5 Å². The van der Waals surface area contributed by atoms with E-state index >= 15 is 0 Å². The monoisotopic (exact) mass is 296 g/mol. The van der Waals surface area contributed by atoms with Crippen LogP contribution in [0.5, 0.6) is 0 Å². The van der Waals surface area contributed by atoms with E-state index in [1.165, 1.54) is 0 Å². The van der Waals surface area contributed by atoms with Gasteiger partial charge in [-0.3, -0.25) is 4.79 Å². The van der Waals surface area contributed by atoms with Gasteiger partial charge in [0.15, 0.2) is 5.92 Å². The van der Waals surface area contributed by atoms with Gasteiger partial charge < -0.3 is 9.88 Å². The van der Waals surface area contributed by atoms with Crippen LogP contribution in [-0.2, 0) is 11.3 Å². The molecule has 0 spiro atoms. The van der Waals surface area contributed by atoms with Gasteiger partial charge in [-0.1, -0.05) is 43.7 Å². The second kappa shape index (κ2) is 7.99. The fourth-order valence-electron chi connectivity index (χ4n) is 2.22. The lowest BCUT2D eigenvalue weighted by atomic mass is 10.1. The van der Waals surface area contributed by atoms with E-state index in [1.54, 1.807) is 12.4 Å². The van der Waals surface area contributed by atoms with E-state index in [0.717, 1.165) is 18.4 Å². The zero-order valence-corrected chi connectivity index (χ0v) is 12.7. The first-order chi connectivity index (χ1) is 10.8. The quantitative estimate of drug-likeness (QED) is 0.798. The smallest absolute Gasteiger partial charge is 0.245 e. The Kier molecular flexibility index (Phi) is 5.73. The van der Waals surface area contributed by atoms with Gasteiger partial charge in [0.05, 0.1) is 6.07 Å². The number of carbonyl (C=O) groups is 1. The van der Waals surface area contributed by atoms with Crippen LogP contribution in [0.1, 0.15) is 37.1 Å². The van der Waals surface area contributed by atoms with E-state index in [2.05, 4.69) is 23.3 Å². The van der Waals surface area contributed by atoms with Crippen LogP contribution in [0.3, 0.4) is 0 Å². The maximum absolute atomic E-state index is 12.2. The number of aromatic nitrogens is 2.